The van der Waals surface area contributed by atoms with E-state index in [1.165, 1.54) is 14.0 Å². The van der Waals surface area contributed by atoms with E-state index in [9.17, 15) is 9.59 Å². The predicted octanol–water partition coefficient (Wildman–Crippen LogP) is 2.17. The number of nitrogens with one attached hydrogen (secondary N) is 1. The summed E-state index contributed by atoms with van der Waals surface area (Å²) in [6.45, 7) is 3.07. The number of carbonyl (C=O) groups is 2. The van der Waals surface area contributed by atoms with Crippen molar-refractivity contribution in [3.05, 3.63) is 29.8 Å². The van der Waals surface area contributed by atoms with Crippen molar-refractivity contribution in [2.24, 2.45) is 0 Å². The van der Waals surface area contributed by atoms with Crippen molar-refractivity contribution in [2.45, 2.75) is 38.8 Å². The van der Waals surface area contributed by atoms with Gasteiger partial charge in [-0.1, -0.05) is 18.6 Å². The number of esters is 1. The van der Waals surface area contributed by atoms with Gasteiger partial charge >= 0.3 is 5.97 Å². The molecule has 0 unspecified atom stereocenters. The van der Waals surface area contributed by atoms with Crippen LogP contribution in [0.3, 0.4) is 0 Å². The predicted molar refractivity (Wildman–Crippen MR) is 80.8 cm³/mol. The summed E-state index contributed by atoms with van der Waals surface area (Å²) in [6, 6.07) is 7.57. The molecule has 0 bridgehead atoms. The van der Waals surface area contributed by atoms with E-state index >= 15 is 0 Å². The second-order valence-corrected chi connectivity index (χ2v) is 5.39. The summed E-state index contributed by atoms with van der Waals surface area (Å²) in [7, 11) is 1.44. The van der Waals surface area contributed by atoms with Gasteiger partial charge in [-0.25, -0.2) is 0 Å². The maximum absolute atomic E-state index is 11.9. The van der Waals surface area contributed by atoms with Gasteiger partial charge in [-0.05, 0) is 37.1 Å². The van der Waals surface area contributed by atoms with Gasteiger partial charge in [0.1, 0.15) is 6.04 Å². The first kappa shape index (κ1) is 15.5. The Bertz CT molecular complexity index is 516. The molecule has 21 heavy (non-hydrogen) atoms. The van der Waals surface area contributed by atoms with E-state index in [-0.39, 0.29) is 17.9 Å². The lowest BCUT2D eigenvalue weighted by molar-refractivity contribution is -0.148. The zero-order valence-electron chi connectivity index (χ0n) is 12.6. The quantitative estimate of drug-likeness (QED) is 0.863. The molecule has 2 rings (SSSR count). The number of benzene rings is 1. The molecule has 1 aromatic carbocycles. The second kappa shape index (κ2) is 7.22. The van der Waals surface area contributed by atoms with Crippen molar-refractivity contribution in [3.8, 4) is 0 Å². The molecule has 0 radical (unpaired) electrons. The zero-order valence-corrected chi connectivity index (χ0v) is 12.6. The van der Waals surface area contributed by atoms with E-state index in [1.54, 1.807) is 0 Å². The third-order valence-corrected chi connectivity index (χ3v) is 3.72. The number of methoxy groups -OCH3 is 1. The monoisotopic (exact) mass is 290 g/mol. The van der Waals surface area contributed by atoms with Gasteiger partial charge in [0, 0.05) is 19.2 Å². The second-order valence-electron chi connectivity index (χ2n) is 5.39. The van der Waals surface area contributed by atoms with E-state index in [1.807, 2.05) is 24.3 Å². The van der Waals surface area contributed by atoms with E-state index in [0.29, 0.717) is 6.54 Å². The van der Waals surface area contributed by atoms with Crippen LogP contribution >= 0.6 is 0 Å². The molecule has 114 valence electrons. The number of hydrogen-bond donors (Lipinski definition) is 1. The zero-order chi connectivity index (χ0) is 15.2. The van der Waals surface area contributed by atoms with Gasteiger partial charge in [-0.2, -0.15) is 0 Å². The fourth-order valence-corrected chi connectivity index (χ4v) is 2.77. The lowest BCUT2D eigenvalue weighted by Crippen LogP contribution is -2.44. The van der Waals surface area contributed by atoms with Crippen LogP contribution in [0.4, 0.5) is 5.69 Å². The minimum atomic E-state index is -0.160. The number of anilines is 1. The minimum absolute atomic E-state index is 0.0856. The molecule has 1 heterocycles. The van der Waals surface area contributed by atoms with Crippen LogP contribution in [-0.4, -0.2) is 36.5 Å². The molecule has 1 aliphatic heterocycles. The van der Waals surface area contributed by atoms with Gasteiger partial charge in [0.25, 0.3) is 0 Å². The number of likely N-dealkylation sites (tertiary alicyclic amines) is 1. The van der Waals surface area contributed by atoms with Crippen molar-refractivity contribution in [1.82, 2.24) is 4.90 Å². The molecule has 1 fully saturated rings. The lowest BCUT2D eigenvalue weighted by atomic mass is 10.0. The summed E-state index contributed by atoms with van der Waals surface area (Å²) in [6.07, 6.45) is 3.00. The normalized spacial score (nSPS) is 19.0. The summed E-state index contributed by atoms with van der Waals surface area (Å²) in [5, 5.41) is 2.78. The Morgan fingerprint density at radius 3 is 2.90 bits per heavy atom. The first-order chi connectivity index (χ1) is 10.1. The van der Waals surface area contributed by atoms with Gasteiger partial charge in [0.05, 0.1) is 7.11 Å². The number of amides is 1. The molecule has 1 atom stereocenters. The van der Waals surface area contributed by atoms with Crippen LogP contribution in [0, 0.1) is 0 Å². The lowest BCUT2D eigenvalue weighted by Gasteiger charge is -2.33. The molecule has 0 saturated carbocycles. The highest BCUT2D eigenvalue weighted by atomic mass is 16.5. The topological polar surface area (TPSA) is 58.6 Å². The maximum atomic E-state index is 11.9. The fraction of sp³-hybridized carbons (Fsp3) is 0.500. The Labute approximate surface area is 125 Å². The number of hydrogen-bond acceptors (Lipinski definition) is 4. The van der Waals surface area contributed by atoms with E-state index in [0.717, 1.165) is 37.1 Å². The van der Waals surface area contributed by atoms with Crippen LogP contribution in [0.15, 0.2) is 24.3 Å². The number of carbonyl (C=O) groups excluding carboxylic acids is 2. The molecular formula is C16H22N2O3. The summed E-state index contributed by atoms with van der Waals surface area (Å²) in [4.78, 5) is 25.1. The molecule has 0 aromatic heterocycles. The highest BCUT2D eigenvalue weighted by molar-refractivity contribution is 5.88. The Morgan fingerprint density at radius 2 is 2.19 bits per heavy atom. The fourth-order valence-electron chi connectivity index (χ4n) is 2.77. The molecule has 0 aliphatic carbocycles. The van der Waals surface area contributed by atoms with E-state index in [4.69, 9.17) is 4.74 Å². The number of piperidine rings is 1. The van der Waals surface area contributed by atoms with Gasteiger partial charge in [0.2, 0.25) is 5.91 Å². The Morgan fingerprint density at radius 1 is 1.38 bits per heavy atom. The first-order valence-electron chi connectivity index (χ1n) is 7.28. The van der Waals surface area contributed by atoms with Crippen LogP contribution in [0.5, 0.6) is 0 Å². The molecule has 1 amide bonds. The smallest absolute Gasteiger partial charge is 0.323 e. The average Bonchev–Trinajstić information content (AvgIpc) is 2.47. The third-order valence-electron chi connectivity index (χ3n) is 3.72. The average molecular weight is 290 g/mol. The Hall–Kier alpha value is -1.88. The van der Waals surface area contributed by atoms with Crippen LogP contribution in [0.2, 0.25) is 0 Å². The van der Waals surface area contributed by atoms with Gasteiger partial charge in [-0.3, -0.25) is 14.5 Å². The molecular weight excluding hydrogens is 268 g/mol. The van der Waals surface area contributed by atoms with Gasteiger partial charge in [-0.15, -0.1) is 0 Å². The van der Waals surface area contributed by atoms with Crippen molar-refractivity contribution in [3.63, 3.8) is 0 Å². The van der Waals surface area contributed by atoms with Crippen LogP contribution in [-0.2, 0) is 20.9 Å². The van der Waals surface area contributed by atoms with E-state index in [2.05, 4.69) is 10.2 Å². The van der Waals surface area contributed by atoms with Gasteiger partial charge < -0.3 is 10.1 Å². The Balaban J connectivity index is 2.08. The Kier molecular flexibility index (Phi) is 5.33. The SMILES string of the molecule is COC(=O)[C@H]1CCCCN1Cc1cccc(NC(C)=O)c1. The summed E-state index contributed by atoms with van der Waals surface area (Å²) in [5.74, 6) is -0.245. The van der Waals surface area contributed by atoms with E-state index < -0.39 is 0 Å². The van der Waals surface area contributed by atoms with Crippen LogP contribution in [0.25, 0.3) is 0 Å². The number of ether oxygens (including phenoxy) is 1. The summed E-state index contributed by atoms with van der Waals surface area (Å²) >= 11 is 0. The third kappa shape index (κ3) is 4.29. The largest absolute Gasteiger partial charge is 0.468 e. The molecule has 1 N–H and O–H groups in total. The molecule has 1 aliphatic rings. The standard InChI is InChI=1S/C16H22N2O3/c1-12(19)17-14-7-5-6-13(10-14)11-18-9-4-3-8-15(18)16(20)21-2/h5-7,10,15H,3-4,8-9,11H2,1-2H3,(H,17,19)/t15-/m1/s1. The highest BCUT2D eigenvalue weighted by Crippen LogP contribution is 2.21. The highest BCUT2D eigenvalue weighted by Gasteiger charge is 2.29. The molecule has 5 heteroatoms. The van der Waals surface area contributed by atoms with Gasteiger partial charge in [0.15, 0.2) is 0 Å². The van der Waals surface area contributed by atoms with Crippen molar-refractivity contribution >= 4 is 17.6 Å². The number of rotatable bonds is 4. The number of nitrogens with zero attached hydrogens (tertiary/aromatic N) is 1. The molecule has 1 saturated heterocycles. The van der Waals surface area contributed by atoms with Crippen LogP contribution in [0.1, 0.15) is 31.7 Å². The molecule has 1 aromatic rings. The van der Waals surface area contributed by atoms with Crippen molar-refractivity contribution in [1.29, 1.82) is 0 Å². The van der Waals surface area contributed by atoms with Crippen molar-refractivity contribution < 1.29 is 14.3 Å². The molecule has 5 nitrogen and oxygen atoms in total. The minimum Gasteiger partial charge on any atom is -0.468 e. The van der Waals surface area contributed by atoms with Crippen LogP contribution < -0.4 is 5.32 Å². The van der Waals surface area contributed by atoms with Crippen molar-refractivity contribution in [2.75, 3.05) is 19.0 Å². The maximum Gasteiger partial charge on any atom is 0.323 e. The summed E-state index contributed by atoms with van der Waals surface area (Å²) < 4.78 is 4.90. The summed E-state index contributed by atoms with van der Waals surface area (Å²) in [5.41, 5.74) is 1.86. The molecule has 0 spiro atoms. The first-order valence-corrected chi connectivity index (χ1v) is 7.28.